The maximum absolute atomic E-state index is 14.6. The summed E-state index contributed by atoms with van der Waals surface area (Å²) in [7, 11) is -0.587. The molecule has 0 saturated carbocycles. The first-order valence-electron chi connectivity index (χ1n) is 9.78. The van der Waals surface area contributed by atoms with Crippen LogP contribution in [0.25, 0.3) is 0 Å². The number of hydrogen-bond acceptors (Lipinski definition) is 4. The van der Waals surface area contributed by atoms with Gasteiger partial charge in [0.25, 0.3) is 0 Å². The van der Waals surface area contributed by atoms with Gasteiger partial charge in [0, 0.05) is 42.2 Å². The highest BCUT2D eigenvalue weighted by atomic mass is 28.3. The first-order chi connectivity index (χ1) is 13.8. The minimum absolute atomic E-state index is 0.118. The second-order valence-corrected chi connectivity index (χ2v) is 12.9. The third kappa shape index (κ3) is 4.54. The van der Waals surface area contributed by atoms with Crippen molar-refractivity contribution in [3.63, 3.8) is 0 Å². The standard InChI is InChI=1S/C21H27F2N3O2Si/c1-5-29(3,4)20-16(22)10-14(11-17(20)23)26-21(27)19-15-7-6-13(12-28-2)25-18(15)8-9-24-19/h6-7,10-11,19,24H,5,8-9,12H2,1-4H3,(H,26,27). The molecule has 1 unspecified atom stereocenters. The van der Waals surface area contributed by atoms with Crippen molar-refractivity contribution in [2.75, 3.05) is 19.0 Å². The molecule has 1 aromatic carbocycles. The molecule has 8 heteroatoms. The van der Waals surface area contributed by atoms with Gasteiger partial charge in [-0.3, -0.25) is 9.78 Å². The first kappa shape index (κ1) is 21.5. The van der Waals surface area contributed by atoms with Gasteiger partial charge < -0.3 is 15.4 Å². The predicted octanol–water partition coefficient (Wildman–Crippen LogP) is 3.27. The number of carbonyl (C=O) groups is 1. The molecular weight excluding hydrogens is 392 g/mol. The lowest BCUT2D eigenvalue weighted by Gasteiger charge is -2.26. The number of pyridine rings is 1. The van der Waals surface area contributed by atoms with Gasteiger partial charge >= 0.3 is 0 Å². The van der Waals surface area contributed by atoms with Crippen molar-refractivity contribution in [1.82, 2.24) is 10.3 Å². The lowest BCUT2D eigenvalue weighted by atomic mass is 9.97. The number of halogens is 2. The van der Waals surface area contributed by atoms with Crippen LogP contribution in [0.5, 0.6) is 0 Å². The van der Waals surface area contributed by atoms with E-state index in [1.54, 1.807) is 7.11 Å². The van der Waals surface area contributed by atoms with Gasteiger partial charge in [-0.1, -0.05) is 32.1 Å². The Kier molecular flexibility index (Phi) is 6.45. The zero-order valence-electron chi connectivity index (χ0n) is 17.2. The number of rotatable bonds is 6. The van der Waals surface area contributed by atoms with Crippen molar-refractivity contribution < 1.29 is 18.3 Å². The summed E-state index contributed by atoms with van der Waals surface area (Å²) < 4.78 is 34.4. The molecule has 0 fully saturated rings. The van der Waals surface area contributed by atoms with Gasteiger partial charge in [0.1, 0.15) is 17.7 Å². The van der Waals surface area contributed by atoms with E-state index < -0.39 is 25.8 Å². The Labute approximate surface area is 170 Å². The summed E-state index contributed by atoms with van der Waals surface area (Å²) in [4.78, 5) is 17.4. The van der Waals surface area contributed by atoms with Crippen LogP contribution in [0.4, 0.5) is 14.5 Å². The number of nitrogens with zero attached hydrogens (tertiary/aromatic N) is 1. The fourth-order valence-electron chi connectivity index (χ4n) is 3.61. The minimum atomic E-state index is -2.19. The molecule has 2 heterocycles. The number of benzene rings is 1. The average Bonchev–Trinajstić information content (AvgIpc) is 2.66. The number of hydrogen-bond donors (Lipinski definition) is 2. The highest BCUT2D eigenvalue weighted by Crippen LogP contribution is 2.25. The SMILES string of the molecule is CC[Si](C)(C)c1c(F)cc(NC(=O)C2NCCc3nc(COC)ccc32)cc1F. The van der Waals surface area contributed by atoms with Crippen molar-refractivity contribution in [2.45, 2.75) is 45.1 Å². The Bertz CT molecular complexity index is 898. The van der Waals surface area contributed by atoms with Crippen LogP contribution in [-0.2, 0) is 22.6 Å². The van der Waals surface area contributed by atoms with E-state index in [4.69, 9.17) is 4.74 Å². The van der Waals surface area contributed by atoms with Crippen LogP contribution in [-0.4, -0.2) is 32.6 Å². The fraction of sp³-hybridized carbons (Fsp3) is 0.429. The van der Waals surface area contributed by atoms with E-state index in [9.17, 15) is 13.6 Å². The van der Waals surface area contributed by atoms with E-state index in [-0.39, 0.29) is 16.8 Å². The van der Waals surface area contributed by atoms with Gasteiger partial charge in [0.2, 0.25) is 5.91 Å². The van der Waals surface area contributed by atoms with E-state index in [0.717, 1.165) is 23.0 Å². The molecule has 3 rings (SSSR count). The zero-order chi connectivity index (χ0) is 21.2. The molecule has 0 bridgehead atoms. The second kappa shape index (κ2) is 8.69. The van der Waals surface area contributed by atoms with Crippen molar-refractivity contribution in [1.29, 1.82) is 0 Å². The van der Waals surface area contributed by atoms with Crippen molar-refractivity contribution in [2.24, 2.45) is 0 Å². The Morgan fingerprint density at radius 1 is 1.31 bits per heavy atom. The number of nitrogens with one attached hydrogen (secondary N) is 2. The summed E-state index contributed by atoms with van der Waals surface area (Å²) in [5.41, 5.74) is 2.52. The Balaban J connectivity index is 1.83. The molecule has 1 aliphatic rings. The van der Waals surface area contributed by atoms with Gasteiger partial charge in [0.05, 0.1) is 20.4 Å². The molecule has 0 radical (unpaired) electrons. The van der Waals surface area contributed by atoms with E-state index in [2.05, 4.69) is 15.6 Å². The summed E-state index contributed by atoms with van der Waals surface area (Å²) in [6, 6.07) is 6.20. The molecule has 1 atom stereocenters. The largest absolute Gasteiger partial charge is 0.378 e. The lowest BCUT2D eigenvalue weighted by molar-refractivity contribution is -0.118. The molecule has 0 spiro atoms. The molecule has 2 aromatic rings. The van der Waals surface area contributed by atoms with Crippen molar-refractivity contribution >= 4 is 24.9 Å². The minimum Gasteiger partial charge on any atom is -0.378 e. The second-order valence-electron chi connectivity index (χ2n) is 7.95. The first-order valence-corrected chi connectivity index (χ1v) is 13.0. The summed E-state index contributed by atoms with van der Waals surface area (Å²) in [6.07, 6.45) is 0.700. The third-order valence-electron chi connectivity index (χ3n) is 5.51. The molecule has 29 heavy (non-hydrogen) atoms. The third-order valence-corrected chi connectivity index (χ3v) is 9.11. The van der Waals surface area contributed by atoms with E-state index >= 15 is 0 Å². The molecule has 156 valence electrons. The molecule has 1 amide bonds. The van der Waals surface area contributed by atoms with Crippen LogP contribution >= 0.6 is 0 Å². The molecule has 0 saturated heterocycles. The zero-order valence-corrected chi connectivity index (χ0v) is 18.2. The van der Waals surface area contributed by atoms with Crippen LogP contribution in [0.2, 0.25) is 19.1 Å². The number of amides is 1. The monoisotopic (exact) mass is 419 g/mol. The molecular formula is C21H27F2N3O2Si. The summed E-state index contributed by atoms with van der Waals surface area (Å²) in [5.74, 6) is -1.56. The average molecular weight is 420 g/mol. The van der Waals surface area contributed by atoms with Crippen LogP contribution in [0.3, 0.4) is 0 Å². The van der Waals surface area contributed by atoms with E-state index in [1.807, 2.05) is 32.2 Å². The number of aromatic nitrogens is 1. The highest BCUT2D eigenvalue weighted by Gasteiger charge is 2.30. The normalized spacial score (nSPS) is 16.4. The van der Waals surface area contributed by atoms with Crippen LogP contribution in [0.15, 0.2) is 24.3 Å². The molecule has 5 nitrogen and oxygen atoms in total. The number of methoxy groups -OCH3 is 1. The Hall–Kier alpha value is -2.16. The molecule has 1 aromatic heterocycles. The van der Waals surface area contributed by atoms with Crippen molar-refractivity contribution in [3.05, 3.63) is 52.9 Å². The summed E-state index contributed by atoms with van der Waals surface area (Å²) >= 11 is 0. The number of ether oxygens (including phenoxy) is 1. The highest BCUT2D eigenvalue weighted by molar-refractivity contribution is 6.89. The van der Waals surface area contributed by atoms with Gasteiger partial charge in [-0.05, 0) is 18.2 Å². The van der Waals surface area contributed by atoms with Crippen LogP contribution in [0.1, 0.15) is 29.9 Å². The topological polar surface area (TPSA) is 63.2 Å². The van der Waals surface area contributed by atoms with Gasteiger partial charge in [-0.2, -0.15) is 0 Å². The van der Waals surface area contributed by atoms with Gasteiger partial charge in [-0.25, -0.2) is 8.78 Å². The maximum atomic E-state index is 14.6. The van der Waals surface area contributed by atoms with Crippen LogP contribution in [0, 0.1) is 11.6 Å². The molecule has 1 aliphatic heterocycles. The van der Waals surface area contributed by atoms with E-state index in [0.29, 0.717) is 19.6 Å². The quantitative estimate of drug-likeness (QED) is 0.706. The Morgan fingerprint density at radius 2 is 2.00 bits per heavy atom. The molecule has 2 N–H and O–H groups in total. The fourth-order valence-corrected chi connectivity index (χ4v) is 5.40. The smallest absolute Gasteiger partial charge is 0.246 e. The Morgan fingerprint density at radius 3 is 2.62 bits per heavy atom. The summed E-state index contributed by atoms with van der Waals surface area (Å²) in [5, 5.41) is 5.98. The van der Waals surface area contributed by atoms with E-state index in [1.165, 1.54) is 12.1 Å². The van der Waals surface area contributed by atoms with Gasteiger partial charge in [0.15, 0.2) is 0 Å². The van der Waals surface area contributed by atoms with Gasteiger partial charge in [-0.15, -0.1) is 0 Å². The lowest BCUT2D eigenvalue weighted by Crippen LogP contribution is -2.45. The number of carbonyl (C=O) groups excluding carboxylic acids is 1. The van der Waals surface area contributed by atoms with Crippen LogP contribution < -0.4 is 15.8 Å². The summed E-state index contributed by atoms with van der Waals surface area (Å²) in [6.45, 7) is 6.80. The maximum Gasteiger partial charge on any atom is 0.246 e. The number of fused-ring (bicyclic) bond motifs is 1. The molecule has 0 aliphatic carbocycles. The predicted molar refractivity (Wildman–Crippen MR) is 112 cm³/mol. The van der Waals surface area contributed by atoms with Crippen molar-refractivity contribution in [3.8, 4) is 0 Å². The number of anilines is 1.